The lowest BCUT2D eigenvalue weighted by atomic mass is 10.0. The first-order valence-corrected chi connectivity index (χ1v) is 11.5. The topological polar surface area (TPSA) is 120 Å². The van der Waals surface area contributed by atoms with Crippen LogP contribution in [0.3, 0.4) is 0 Å². The number of hydrogen-bond donors (Lipinski definition) is 2. The molecule has 33 heavy (non-hydrogen) atoms. The number of sulfonamides is 1. The summed E-state index contributed by atoms with van der Waals surface area (Å²) in [7, 11) is -4.01. The van der Waals surface area contributed by atoms with Crippen LogP contribution in [0.2, 0.25) is 0 Å². The largest absolute Gasteiger partial charge is 0.368 e. The van der Waals surface area contributed by atoms with Crippen molar-refractivity contribution in [3.8, 4) is 11.1 Å². The van der Waals surface area contributed by atoms with E-state index in [1.165, 1.54) is 16.8 Å². The molecule has 2 heterocycles. The smallest absolute Gasteiger partial charge is 0.260 e. The number of nitrogen functional groups attached to an aromatic ring is 1. The van der Waals surface area contributed by atoms with Gasteiger partial charge in [-0.15, -0.1) is 0 Å². The molecule has 170 valence electrons. The molecule has 3 N–H and O–H groups in total. The van der Waals surface area contributed by atoms with E-state index in [9.17, 15) is 17.6 Å². The molecule has 4 aromatic rings. The molecule has 0 radical (unpaired) electrons. The predicted molar refractivity (Wildman–Crippen MR) is 122 cm³/mol. The van der Waals surface area contributed by atoms with E-state index in [4.69, 9.17) is 5.73 Å². The Morgan fingerprint density at radius 2 is 1.79 bits per heavy atom. The number of halogens is 2. The third-order valence-corrected chi connectivity index (χ3v) is 6.24. The first-order chi connectivity index (χ1) is 15.7. The standard InChI is InChI=1S/C22H19F2N5O3S/c1-2-29-20-14(11-26-22(25)27-20)10-16(21(29)30)15-8-9-17(19(24)18(15)23)28-33(31,32)12-13-6-4-3-5-7-13/h3-11,28H,2,12H2,1H3,(H2,25,26,27). The van der Waals surface area contributed by atoms with Crippen LogP contribution in [0.4, 0.5) is 20.4 Å². The van der Waals surface area contributed by atoms with E-state index in [0.717, 1.165) is 12.1 Å². The summed E-state index contributed by atoms with van der Waals surface area (Å²) < 4.78 is 58.1. The van der Waals surface area contributed by atoms with Crippen molar-refractivity contribution in [1.29, 1.82) is 0 Å². The number of nitrogens with two attached hydrogens (primary N) is 1. The van der Waals surface area contributed by atoms with E-state index in [1.54, 1.807) is 37.3 Å². The van der Waals surface area contributed by atoms with Crippen molar-refractivity contribution in [2.75, 3.05) is 10.5 Å². The number of rotatable bonds is 6. The average Bonchev–Trinajstić information content (AvgIpc) is 2.77. The zero-order valence-electron chi connectivity index (χ0n) is 17.4. The molecule has 0 unspecified atom stereocenters. The van der Waals surface area contributed by atoms with Crippen LogP contribution in [0.15, 0.2) is 59.5 Å². The fourth-order valence-corrected chi connectivity index (χ4v) is 4.69. The number of pyridine rings is 1. The third kappa shape index (κ3) is 4.40. The fraction of sp³-hybridized carbons (Fsp3) is 0.136. The molecule has 0 bridgehead atoms. The number of nitrogens with zero attached hydrogens (tertiary/aromatic N) is 3. The fourth-order valence-electron chi connectivity index (χ4n) is 3.49. The van der Waals surface area contributed by atoms with E-state index >= 15 is 4.39 Å². The Hall–Kier alpha value is -3.86. The second kappa shape index (κ2) is 8.58. The summed E-state index contributed by atoms with van der Waals surface area (Å²) >= 11 is 0. The summed E-state index contributed by atoms with van der Waals surface area (Å²) in [5.41, 5.74) is 4.77. The number of aromatic nitrogens is 3. The van der Waals surface area contributed by atoms with Crippen molar-refractivity contribution in [2.45, 2.75) is 19.2 Å². The second-order valence-corrected chi connectivity index (χ2v) is 8.97. The van der Waals surface area contributed by atoms with Crippen LogP contribution in [0.5, 0.6) is 0 Å². The average molecular weight is 471 g/mol. The Balaban J connectivity index is 1.75. The minimum Gasteiger partial charge on any atom is -0.368 e. The highest BCUT2D eigenvalue weighted by Crippen LogP contribution is 2.29. The van der Waals surface area contributed by atoms with Gasteiger partial charge in [-0.25, -0.2) is 22.2 Å². The molecule has 0 saturated heterocycles. The van der Waals surface area contributed by atoms with Crippen molar-refractivity contribution < 1.29 is 17.2 Å². The molecule has 0 amide bonds. The van der Waals surface area contributed by atoms with Gasteiger partial charge in [0.2, 0.25) is 16.0 Å². The molecule has 4 rings (SSSR count). The Kier molecular flexibility index (Phi) is 5.81. The monoisotopic (exact) mass is 471 g/mol. The molecule has 0 atom stereocenters. The van der Waals surface area contributed by atoms with Gasteiger partial charge in [-0.3, -0.25) is 14.1 Å². The Bertz CT molecular complexity index is 1520. The molecule has 0 aliphatic heterocycles. The van der Waals surface area contributed by atoms with Crippen LogP contribution < -0.4 is 16.0 Å². The maximum Gasteiger partial charge on any atom is 0.260 e. The number of aryl methyl sites for hydroxylation is 1. The van der Waals surface area contributed by atoms with Gasteiger partial charge in [0.1, 0.15) is 5.65 Å². The minimum atomic E-state index is -4.01. The zero-order valence-corrected chi connectivity index (χ0v) is 18.2. The lowest BCUT2D eigenvalue weighted by Gasteiger charge is -2.13. The van der Waals surface area contributed by atoms with Gasteiger partial charge in [0.15, 0.2) is 11.6 Å². The summed E-state index contributed by atoms with van der Waals surface area (Å²) in [5, 5.41) is 0.410. The molecule has 2 aromatic heterocycles. The van der Waals surface area contributed by atoms with E-state index < -0.39 is 38.7 Å². The van der Waals surface area contributed by atoms with Crippen LogP contribution >= 0.6 is 0 Å². The summed E-state index contributed by atoms with van der Waals surface area (Å²) in [6.07, 6.45) is 1.38. The number of anilines is 2. The SMILES string of the molecule is CCn1c(=O)c(-c2ccc(NS(=O)(=O)Cc3ccccc3)c(F)c2F)cc2cnc(N)nc21. The highest BCUT2D eigenvalue weighted by molar-refractivity contribution is 7.91. The number of benzene rings is 2. The summed E-state index contributed by atoms with van der Waals surface area (Å²) in [5.74, 6) is -3.21. The number of fused-ring (bicyclic) bond motifs is 1. The summed E-state index contributed by atoms with van der Waals surface area (Å²) in [6, 6.07) is 11.9. The van der Waals surface area contributed by atoms with E-state index in [-0.39, 0.29) is 29.3 Å². The van der Waals surface area contributed by atoms with Crippen molar-refractivity contribution in [1.82, 2.24) is 14.5 Å². The molecule has 2 aromatic carbocycles. The molecular weight excluding hydrogens is 452 g/mol. The number of hydrogen-bond acceptors (Lipinski definition) is 6. The van der Waals surface area contributed by atoms with Gasteiger partial charge in [0.05, 0.1) is 17.0 Å². The Morgan fingerprint density at radius 1 is 1.06 bits per heavy atom. The molecule has 11 heteroatoms. The second-order valence-electron chi connectivity index (χ2n) is 7.25. The van der Waals surface area contributed by atoms with Gasteiger partial charge < -0.3 is 5.73 Å². The molecular formula is C22H19F2N5O3S. The van der Waals surface area contributed by atoms with Crippen molar-refractivity contribution in [3.05, 3.63) is 82.3 Å². The maximum absolute atomic E-state index is 15.0. The summed E-state index contributed by atoms with van der Waals surface area (Å²) in [4.78, 5) is 20.9. The Labute approximate surface area is 187 Å². The molecule has 0 saturated carbocycles. The minimum absolute atomic E-state index is 0.0267. The molecule has 0 spiro atoms. The van der Waals surface area contributed by atoms with E-state index in [2.05, 4.69) is 14.7 Å². The van der Waals surface area contributed by atoms with Gasteiger partial charge in [-0.2, -0.15) is 4.98 Å². The van der Waals surface area contributed by atoms with E-state index in [1.807, 2.05) is 0 Å². The normalized spacial score (nSPS) is 11.6. The van der Waals surface area contributed by atoms with Crippen molar-refractivity contribution >= 4 is 32.7 Å². The van der Waals surface area contributed by atoms with Crippen LogP contribution in [0, 0.1) is 11.6 Å². The van der Waals surface area contributed by atoms with Gasteiger partial charge in [-0.05, 0) is 30.7 Å². The lowest BCUT2D eigenvalue weighted by Crippen LogP contribution is -2.23. The zero-order chi connectivity index (χ0) is 23.8. The highest BCUT2D eigenvalue weighted by Gasteiger charge is 2.22. The predicted octanol–water partition coefficient (Wildman–Crippen LogP) is 3.28. The first-order valence-electron chi connectivity index (χ1n) is 9.89. The third-order valence-electron chi connectivity index (χ3n) is 5.00. The van der Waals surface area contributed by atoms with Crippen molar-refractivity contribution in [3.63, 3.8) is 0 Å². The molecule has 8 nitrogen and oxygen atoms in total. The van der Waals surface area contributed by atoms with Gasteiger partial charge in [-0.1, -0.05) is 30.3 Å². The van der Waals surface area contributed by atoms with Gasteiger partial charge in [0.25, 0.3) is 5.56 Å². The quantitative estimate of drug-likeness (QED) is 0.445. The molecule has 0 fully saturated rings. The van der Waals surface area contributed by atoms with Crippen LogP contribution in [-0.4, -0.2) is 23.0 Å². The van der Waals surface area contributed by atoms with E-state index in [0.29, 0.717) is 10.9 Å². The Morgan fingerprint density at radius 3 is 2.48 bits per heavy atom. The van der Waals surface area contributed by atoms with Crippen LogP contribution in [-0.2, 0) is 22.3 Å². The van der Waals surface area contributed by atoms with Gasteiger partial charge >= 0.3 is 0 Å². The van der Waals surface area contributed by atoms with Crippen LogP contribution in [0.1, 0.15) is 12.5 Å². The lowest BCUT2D eigenvalue weighted by molar-refractivity contribution is 0.514. The number of nitrogens with one attached hydrogen (secondary N) is 1. The maximum atomic E-state index is 15.0. The highest BCUT2D eigenvalue weighted by atomic mass is 32.2. The van der Waals surface area contributed by atoms with Crippen molar-refractivity contribution in [2.24, 2.45) is 0 Å². The summed E-state index contributed by atoms with van der Waals surface area (Å²) in [6.45, 7) is 1.91. The van der Waals surface area contributed by atoms with Crippen LogP contribution in [0.25, 0.3) is 22.2 Å². The molecule has 0 aliphatic carbocycles. The first kappa shape index (κ1) is 22.3. The van der Waals surface area contributed by atoms with Gasteiger partial charge in [0, 0.05) is 23.7 Å². The molecule has 0 aliphatic rings.